The minimum Gasteiger partial charge on any atom is -0.542 e. The van der Waals surface area contributed by atoms with Crippen molar-refractivity contribution in [2.45, 2.75) is 18.5 Å². The molecule has 1 aliphatic rings. The number of carbonyl (C=O) groups excluding carboxylic acids is 3. The largest absolute Gasteiger partial charge is 0.542 e. The van der Waals surface area contributed by atoms with E-state index in [1.807, 2.05) is 0 Å². The summed E-state index contributed by atoms with van der Waals surface area (Å²) in [5, 5.41) is 27.1. The van der Waals surface area contributed by atoms with Crippen LogP contribution in [0.5, 0.6) is 0 Å². The first-order chi connectivity index (χ1) is 12.2. The van der Waals surface area contributed by atoms with Crippen LogP contribution in [0.2, 0.25) is 0 Å². The van der Waals surface area contributed by atoms with Crippen molar-refractivity contribution < 1.29 is 69.2 Å². The minimum absolute atomic E-state index is 0. The molecule has 0 fully saturated rings. The van der Waals surface area contributed by atoms with Crippen molar-refractivity contribution >= 4 is 56.8 Å². The molecule has 0 aromatic heterocycles. The van der Waals surface area contributed by atoms with Gasteiger partial charge in [-0.15, -0.1) is 5.73 Å². The Kier molecular flexibility index (Phi) is 18.1. The summed E-state index contributed by atoms with van der Waals surface area (Å²) in [6.45, 7) is 0. The monoisotopic (exact) mass is 658 g/mol. The van der Waals surface area contributed by atoms with Crippen LogP contribution < -0.4 is 15.3 Å². The number of alkyl halides is 9. The van der Waals surface area contributed by atoms with Gasteiger partial charge in [-0.05, 0) is 18.2 Å². The summed E-state index contributed by atoms with van der Waals surface area (Å²) < 4.78 is 94.6. The average Bonchev–Trinajstić information content (AvgIpc) is 2.46. The van der Waals surface area contributed by atoms with Gasteiger partial charge in [-0.25, -0.2) is 0 Å². The first kappa shape index (κ1) is 34.7. The maximum Gasteiger partial charge on any atom is 0.430 e. The van der Waals surface area contributed by atoms with Crippen molar-refractivity contribution in [3.05, 3.63) is 35.4 Å². The quantitative estimate of drug-likeness (QED) is 0.198. The molecule has 0 unspecified atom stereocenters. The van der Waals surface area contributed by atoms with Crippen molar-refractivity contribution in [2.75, 3.05) is 0 Å². The van der Waals surface area contributed by atoms with E-state index < -0.39 is 36.4 Å². The second-order valence-corrected chi connectivity index (χ2v) is 4.01. The number of carboxylic acids is 3. The van der Waals surface area contributed by atoms with Gasteiger partial charge in [-0.3, -0.25) is 0 Å². The van der Waals surface area contributed by atoms with Crippen LogP contribution in [0.1, 0.15) is 0 Å². The average molecular weight is 658 g/mol. The Balaban J connectivity index is -0.000000142. The predicted octanol–water partition coefficient (Wildman–Crippen LogP) is -0.447. The fourth-order valence-corrected chi connectivity index (χ4v) is 0.493. The molecule has 29 heavy (non-hydrogen) atoms. The smallest absolute Gasteiger partial charge is 0.430 e. The standard InChI is InChI=1S/C6H4Cl.3C2HF3O2.Pb/c7-6-4-2-1-3-5-6;3*3-2(4,5)1(6)7;/h2-5H;3*(H,6,7);/p-3. The van der Waals surface area contributed by atoms with Crippen LogP contribution >= 0.6 is 11.6 Å². The summed E-state index contributed by atoms with van der Waals surface area (Å²) in [5.41, 5.74) is 2.85. The Morgan fingerprint density at radius 2 is 0.966 bits per heavy atom. The molecule has 1 aliphatic carbocycles. The number of hydrogen-bond acceptors (Lipinski definition) is 6. The molecule has 0 aromatic carbocycles. The van der Waals surface area contributed by atoms with E-state index in [1.165, 1.54) is 0 Å². The molecule has 165 valence electrons. The Hall–Kier alpha value is -1.75. The van der Waals surface area contributed by atoms with Crippen LogP contribution in [-0.4, -0.2) is 63.7 Å². The van der Waals surface area contributed by atoms with Crippen molar-refractivity contribution in [1.82, 2.24) is 0 Å². The fraction of sp³-hybridized carbons (Fsp3) is 0.250. The number of halogens is 10. The summed E-state index contributed by atoms with van der Waals surface area (Å²) in [6.07, 6.45) is -8.44. The molecule has 0 aliphatic heterocycles. The number of carboxylic acid groups (broad SMARTS) is 3. The molecule has 0 saturated heterocycles. The molecule has 0 saturated carbocycles. The summed E-state index contributed by atoms with van der Waals surface area (Å²) in [7, 11) is 0. The van der Waals surface area contributed by atoms with E-state index in [0.717, 1.165) is 5.03 Å². The first-order valence-electron chi connectivity index (χ1n) is 5.69. The van der Waals surface area contributed by atoms with Crippen LogP contribution in [0.4, 0.5) is 39.5 Å². The van der Waals surface area contributed by atoms with E-state index in [1.54, 1.807) is 24.6 Å². The maximum absolute atomic E-state index is 10.5. The second kappa shape index (κ2) is 15.1. The van der Waals surface area contributed by atoms with Crippen molar-refractivity contribution in [3.63, 3.8) is 0 Å². The number of carbonyl (C=O) groups is 3. The molecule has 6 nitrogen and oxygen atoms in total. The molecule has 17 heteroatoms. The van der Waals surface area contributed by atoms with E-state index in [9.17, 15) is 39.5 Å². The summed E-state index contributed by atoms with van der Waals surface area (Å²) >= 11 is 5.52. The molecule has 5 radical (unpaired) electrons. The molecule has 0 heterocycles. The number of aliphatic carboxylic acids is 3. The van der Waals surface area contributed by atoms with Crippen molar-refractivity contribution in [2.24, 2.45) is 0 Å². The van der Waals surface area contributed by atoms with Gasteiger partial charge in [-0.2, -0.15) is 39.5 Å². The molecule has 1 rings (SSSR count). The summed E-state index contributed by atoms with van der Waals surface area (Å²) in [4.78, 5) is 26.4. The Labute approximate surface area is 180 Å². The van der Waals surface area contributed by atoms with E-state index in [4.69, 9.17) is 41.3 Å². The first-order valence-corrected chi connectivity index (χ1v) is 6.06. The Morgan fingerprint density at radius 3 is 1.03 bits per heavy atom. The van der Waals surface area contributed by atoms with Crippen LogP contribution in [-0.2, 0) is 14.4 Å². The van der Waals surface area contributed by atoms with Crippen molar-refractivity contribution in [3.8, 4) is 0 Å². The molecule has 0 atom stereocenters. The maximum atomic E-state index is 10.5. The normalized spacial score (nSPS) is 12.3. The topological polar surface area (TPSA) is 120 Å². The molecule has 0 bridgehead atoms. The van der Waals surface area contributed by atoms with Gasteiger partial charge in [0.15, 0.2) is 0 Å². The number of hydrogen-bond donors (Lipinski definition) is 0. The van der Waals surface area contributed by atoms with Gasteiger partial charge in [-0.1, -0.05) is 11.6 Å². The van der Waals surface area contributed by atoms with Crippen LogP contribution in [0, 0.1) is 6.42 Å². The SMILES string of the molecule is ClC1=CC=C=C[CH]1.O=C([O-])C(F)(F)F.O=C([O-])C(F)(F)F.O=C([O-])C(F)(F)F.[Pb]. The Morgan fingerprint density at radius 1 is 0.724 bits per heavy atom. The van der Waals surface area contributed by atoms with E-state index in [2.05, 4.69) is 5.73 Å². The van der Waals surface area contributed by atoms with E-state index in [-0.39, 0.29) is 27.3 Å². The summed E-state index contributed by atoms with van der Waals surface area (Å²) in [5.74, 6) is -9.02. The van der Waals surface area contributed by atoms with E-state index in [0.29, 0.717) is 0 Å². The zero-order chi connectivity index (χ0) is 23.3. The van der Waals surface area contributed by atoms with Crippen LogP contribution in [0.25, 0.3) is 0 Å². The fourth-order valence-electron chi connectivity index (χ4n) is 0.367. The third-order valence-electron chi connectivity index (χ3n) is 1.37. The molecule has 0 amide bonds. The van der Waals surface area contributed by atoms with E-state index >= 15 is 0 Å². The number of rotatable bonds is 0. The Bertz CT molecular complexity index is 574. The zero-order valence-electron chi connectivity index (χ0n) is 13.0. The van der Waals surface area contributed by atoms with Gasteiger partial charge in [0.2, 0.25) is 0 Å². The predicted molar refractivity (Wildman–Crippen MR) is 69.8 cm³/mol. The molecule has 0 aromatic rings. The minimum atomic E-state index is -5.19. The summed E-state index contributed by atoms with van der Waals surface area (Å²) in [6, 6.07) is 0. The van der Waals surface area contributed by atoms with Crippen LogP contribution in [0.15, 0.2) is 29.0 Å². The number of allylic oxidation sites excluding steroid dienone is 3. The van der Waals surface area contributed by atoms with Gasteiger partial charge in [0, 0.05) is 38.8 Å². The molecule has 0 N–H and O–H groups in total. The molecule has 0 spiro atoms. The zero-order valence-corrected chi connectivity index (χ0v) is 17.7. The third-order valence-corrected chi connectivity index (χ3v) is 1.62. The van der Waals surface area contributed by atoms with Gasteiger partial charge in [0.25, 0.3) is 0 Å². The van der Waals surface area contributed by atoms with Gasteiger partial charge >= 0.3 is 18.5 Å². The second-order valence-electron chi connectivity index (χ2n) is 3.57. The van der Waals surface area contributed by atoms with Crippen molar-refractivity contribution in [1.29, 1.82) is 0 Å². The molecular weight excluding hydrogens is 654 g/mol. The van der Waals surface area contributed by atoms with Gasteiger partial charge < -0.3 is 29.7 Å². The third kappa shape index (κ3) is 26.3. The van der Waals surface area contributed by atoms with Gasteiger partial charge in [0.05, 0.1) is 0 Å². The van der Waals surface area contributed by atoms with Gasteiger partial charge in [0.1, 0.15) is 17.9 Å². The van der Waals surface area contributed by atoms with Crippen LogP contribution in [0.3, 0.4) is 0 Å². The molecular formula is C12H4ClF9O6Pb-3.